The van der Waals surface area contributed by atoms with Crippen molar-refractivity contribution >= 4 is 33.3 Å². The molecule has 13 heteroatoms. The first-order valence-corrected chi connectivity index (χ1v) is 10.4. The van der Waals surface area contributed by atoms with Gasteiger partial charge >= 0.3 is 5.82 Å². The molecule has 0 saturated carbocycles. The van der Waals surface area contributed by atoms with Crippen molar-refractivity contribution in [1.29, 1.82) is 0 Å². The van der Waals surface area contributed by atoms with Gasteiger partial charge in [0.2, 0.25) is 0 Å². The molecule has 0 aliphatic carbocycles. The Hall–Kier alpha value is -3.74. The normalized spacial score (nSPS) is 11.1. The molecule has 1 amide bonds. The van der Waals surface area contributed by atoms with Crippen molar-refractivity contribution in [2.24, 2.45) is 0 Å². The van der Waals surface area contributed by atoms with Crippen molar-refractivity contribution in [2.45, 2.75) is 33.5 Å². The van der Waals surface area contributed by atoms with Crippen LogP contribution in [0.25, 0.3) is 0 Å². The Morgan fingerprint density at radius 3 is 2.72 bits per heavy atom. The van der Waals surface area contributed by atoms with Crippen LogP contribution in [-0.2, 0) is 19.6 Å². The van der Waals surface area contributed by atoms with Gasteiger partial charge in [-0.1, -0.05) is 0 Å². The third kappa shape index (κ3) is 4.46. The van der Waals surface area contributed by atoms with Crippen molar-refractivity contribution in [3.05, 3.63) is 74.3 Å². The fourth-order valence-electron chi connectivity index (χ4n) is 3.18. The molecule has 0 aliphatic rings. The first-order valence-electron chi connectivity index (χ1n) is 9.65. The Morgan fingerprint density at radius 2 is 2.03 bits per heavy atom. The van der Waals surface area contributed by atoms with Gasteiger partial charge < -0.3 is 19.8 Å². The molecule has 4 aromatic rings. The summed E-state index contributed by atoms with van der Waals surface area (Å²) in [5.41, 5.74) is 2.65. The van der Waals surface area contributed by atoms with Crippen LogP contribution in [0.15, 0.2) is 45.8 Å². The molecule has 0 radical (unpaired) electrons. The number of carbonyl (C=O) groups excluding carboxylic acids is 1. The van der Waals surface area contributed by atoms with E-state index in [1.165, 1.54) is 16.9 Å². The number of nitro groups is 1. The highest BCUT2D eigenvalue weighted by Gasteiger charge is 2.20. The second-order valence-electron chi connectivity index (χ2n) is 6.97. The zero-order valence-electron chi connectivity index (χ0n) is 17.2. The molecule has 0 saturated heterocycles. The number of aromatic nitrogens is 6. The maximum Gasteiger partial charge on any atom is 0.404 e. The molecular formula is C19H19BrN8O4. The van der Waals surface area contributed by atoms with Crippen molar-refractivity contribution in [3.8, 4) is 0 Å². The second-order valence-corrected chi connectivity index (χ2v) is 7.83. The molecule has 4 rings (SSSR count). The van der Waals surface area contributed by atoms with Crippen LogP contribution in [0.5, 0.6) is 0 Å². The molecule has 0 bridgehead atoms. The van der Waals surface area contributed by atoms with E-state index in [0.29, 0.717) is 18.0 Å². The smallest absolute Gasteiger partial charge is 0.404 e. The Labute approximate surface area is 190 Å². The van der Waals surface area contributed by atoms with Gasteiger partial charge in [0.05, 0.1) is 35.9 Å². The third-order valence-electron chi connectivity index (χ3n) is 4.80. The van der Waals surface area contributed by atoms with Crippen LogP contribution in [0.2, 0.25) is 0 Å². The lowest BCUT2D eigenvalue weighted by molar-refractivity contribution is -0.390. The Morgan fingerprint density at radius 1 is 1.22 bits per heavy atom. The minimum absolute atomic E-state index is 0.105. The quantitative estimate of drug-likeness (QED) is 0.288. The number of rotatable bonds is 8. The highest BCUT2D eigenvalue weighted by molar-refractivity contribution is 9.10. The summed E-state index contributed by atoms with van der Waals surface area (Å²) in [5.74, 6) is -0.185. The minimum atomic E-state index is -0.584. The molecule has 4 aromatic heterocycles. The van der Waals surface area contributed by atoms with Crippen LogP contribution >= 0.6 is 15.9 Å². The first-order chi connectivity index (χ1) is 15.3. The highest BCUT2D eigenvalue weighted by Crippen LogP contribution is 2.23. The van der Waals surface area contributed by atoms with Gasteiger partial charge in [0.15, 0.2) is 5.76 Å². The van der Waals surface area contributed by atoms with Gasteiger partial charge in [-0.2, -0.15) is 14.9 Å². The minimum Gasteiger partial charge on any atom is -0.454 e. The van der Waals surface area contributed by atoms with E-state index in [1.807, 2.05) is 24.7 Å². The topological polar surface area (TPSA) is 139 Å². The van der Waals surface area contributed by atoms with Gasteiger partial charge in [0.1, 0.15) is 16.8 Å². The maximum absolute atomic E-state index is 12.5. The molecule has 12 nitrogen and oxygen atoms in total. The highest BCUT2D eigenvalue weighted by atomic mass is 79.9. The number of nitrogens with one attached hydrogen (secondary N) is 1. The molecule has 166 valence electrons. The molecular weight excluding hydrogens is 484 g/mol. The Kier molecular flexibility index (Phi) is 5.90. The standard InChI is InChI=1S/C19H19BrN8O4/c1-3-27-12(2)13(6-22-27)8-25-9-14(7-21-25)23-19(29)17-5-4-15(32-17)10-26-11-16(20)18(24-26)28(30)31/h4-7,9,11H,3,8,10H2,1-2H3,(H,23,29). The van der Waals surface area contributed by atoms with E-state index in [-0.39, 0.29) is 22.6 Å². The van der Waals surface area contributed by atoms with Crippen LogP contribution in [0.3, 0.4) is 0 Å². The number of anilines is 1. The Balaban J connectivity index is 1.38. The summed E-state index contributed by atoms with van der Waals surface area (Å²) in [7, 11) is 0. The molecule has 0 aromatic carbocycles. The van der Waals surface area contributed by atoms with Gasteiger partial charge in [-0.3, -0.25) is 14.2 Å². The van der Waals surface area contributed by atoms with Gasteiger partial charge in [-0.05, 0) is 46.8 Å². The van der Waals surface area contributed by atoms with E-state index in [1.54, 1.807) is 23.1 Å². The number of halogens is 1. The number of nitrogens with zero attached hydrogens (tertiary/aromatic N) is 7. The third-order valence-corrected chi connectivity index (χ3v) is 5.36. The average Bonchev–Trinajstić information content (AvgIpc) is 3.52. The van der Waals surface area contributed by atoms with E-state index >= 15 is 0 Å². The van der Waals surface area contributed by atoms with Crippen molar-refractivity contribution in [3.63, 3.8) is 0 Å². The van der Waals surface area contributed by atoms with Gasteiger partial charge in [-0.15, -0.1) is 0 Å². The van der Waals surface area contributed by atoms with Crippen LogP contribution < -0.4 is 5.32 Å². The SMILES string of the molecule is CCn1ncc(Cn2cc(NC(=O)c3ccc(Cn4cc(Br)c([N+](=O)[O-])n4)o3)cn2)c1C. The summed E-state index contributed by atoms with van der Waals surface area (Å²) in [5, 5.41) is 26.1. The van der Waals surface area contributed by atoms with Gasteiger partial charge in [0.25, 0.3) is 5.91 Å². The largest absolute Gasteiger partial charge is 0.454 e. The number of hydrogen-bond donors (Lipinski definition) is 1. The molecule has 1 N–H and O–H groups in total. The summed E-state index contributed by atoms with van der Waals surface area (Å²) >= 11 is 3.10. The monoisotopic (exact) mass is 502 g/mol. The van der Waals surface area contributed by atoms with Crippen LogP contribution in [-0.4, -0.2) is 40.2 Å². The summed E-state index contributed by atoms with van der Waals surface area (Å²) in [4.78, 5) is 22.8. The lowest BCUT2D eigenvalue weighted by Gasteiger charge is -2.03. The number of hydrogen-bond acceptors (Lipinski definition) is 7. The van der Waals surface area contributed by atoms with Crippen molar-refractivity contribution < 1.29 is 14.1 Å². The number of aryl methyl sites for hydroxylation is 1. The van der Waals surface area contributed by atoms with E-state index in [4.69, 9.17) is 4.42 Å². The zero-order chi connectivity index (χ0) is 22.8. The molecule has 0 fully saturated rings. The summed E-state index contributed by atoms with van der Waals surface area (Å²) in [6.07, 6.45) is 6.57. The zero-order valence-corrected chi connectivity index (χ0v) is 18.8. The molecule has 0 aliphatic heterocycles. The van der Waals surface area contributed by atoms with Gasteiger partial charge in [0, 0.05) is 24.0 Å². The first kappa shape index (κ1) is 21.5. The van der Waals surface area contributed by atoms with E-state index < -0.39 is 10.8 Å². The summed E-state index contributed by atoms with van der Waals surface area (Å²) in [6, 6.07) is 3.15. The van der Waals surface area contributed by atoms with Crippen LogP contribution in [0.1, 0.15) is 34.5 Å². The number of carbonyl (C=O) groups is 1. The van der Waals surface area contributed by atoms with Crippen LogP contribution in [0, 0.1) is 17.0 Å². The second kappa shape index (κ2) is 8.78. The van der Waals surface area contributed by atoms with Crippen LogP contribution in [0.4, 0.5) is 11.5 Å². The molecule has 0 atom stereocenters. The fraction of sp³-hybridized carbons (Fsp3) is 0.263. The van der Waals surface area contributed by atoms with Crippen molar-refractivity contribution in [2.75, 3.05) is 5.32 Å². The summed E-state index contributed by atoms with van der Waals surface area (Å²) < 4.78 is 10.8. The predicted molar refractivity (Wildman–Crippen MR) is 116 cm³/mol. The van der Waals surface area contributed by atoms with Gasteiger partial charge in [-0.25, -0.2) is 0 Å². The van der Waals surface area contributed by atoms with E-state index in [9.17, 15) is 14.9 Å². The lowest BCUT2D eigenvalue weighted by atomic mass is 10.2. The average molecular weight is 503 g/mol. The Bertz CT molecular complexity index is 1280. The summed E-state index contributed by atoms with van der Waals surface area (Å²) in [6.45, 7) is 5.52. The fourth-order valence-corrected chi connectivity index (χ4v) is 3.64. The molecule has 4 heterocycles. The molecule has 32 heavy (non-hydrogen) atoms. The number of amides is 1. The predicted octanol–water partition coefficient (Wildman–Crippen LogP) is 3.22. The van der Waals surface area contributed by atoms with E-state index in [0.717, 1.165) is 17.8 Å². The molecule has 0 spiro atoms. The lowest BCUT2D eigenvalue weighted by Crippen LogP contribution is -2.10. The number of furan rings is 1. The maximum atomic E-state index is 12.5. The van der Waals surface area contributed by atoms with Crippen molar-refractivity contribution in [1.82, 2.24) is 29.3 Å². The van der Waals surface area contributed by atoms with E-state index in [2.05, 4.69) is 36.5 Å². The molecule has 0 unspecified atom stereocenters.